The predicted octanol–water partition coefficient (Wildman–Crippen LogP) is 2.16. The maximum Gasteiger partial charge on any atom is 0.264 e. The predicted molar refractivity (Wildman–Crippen MR) is 81.8 cm³/mol. The minimum absolute atomic E-state index is 0.0684. The monoisotopic (exact) mass is 376 g/mol. The smallest absolute Gasteiger partial charge is 0.264 e. The Morgan fingerprint density at radius 3 is 2.95 bits per heavy atom. The lowest BCUT2D eigenvalue weighted by Gasteiger charge is -2.23. The van der Waals surface area contributed by atoms with Crippen molar-refractivity contribution >= 4 is 39.1 Å². The van der Waals surface area contributed by atoms with Gasteiger partial charge >= 0.3 is 0 Å². The Kier molecular flexibility index (Phi) is 6.16. The molecular formula is C13H17BrN2O4S. The summed E-state index contributed by atoms with van der Waals surface area (Å²) in [5, 5.41) is 0. The van der Waals surface area contributed by atoms with Gasteiger partial charge < -0.3 is 9.64 Å². The van der Waals surface area contributed by atoms with Gasteiger partial charge in [-0.05, 0) is 40.9 Å². The zero-order valence-corrected chi connectivity index (χ0v) is 14.0. The van der Waals surface area contributed by atoms with E-state index in [-0.39, 0.29) is 18.4 Å². The van der Waals surface area contributed by atoms with Gasteiger partial charge in [0.25, 0.3) is 11.8 Å². The molecule has 0 spiro atoms. The minimum Gasteiger partial charge on any atom is -0.350 e. The first-order chi connectivity index (χ1) is 10.1. The highest BCUT2D eigenvalue weighted by atomic mass is 79.9. The van der Waals surface area contributed by atoms with Gasteiger partial charge in [0.05, 0.1) is 8.66 Å². The van der Waals surface area contributed by atoms with Crippen molar-refractivity contribution in [2.45, 2.75) is 25.6 Å². The molecule has 21 heavy (non-hydrogen) atoms. The first kappa shape index (κ1) is 16.4. The van der Waals surface area contributed by atoms with Crippen molar-refractivity contribution in [3.8, 4) is 0 Å². The highest BCUT2D eigenvalue weighted by Gasteiger charge is 2.19. The zero-order valence-electron chi connectivity index (χ0n) is 11.6. The Hall–Kier alpha value is -0.960. The number of rotatable bonds is 5. The van der Waals surface area contributed by atoms with Gasteiger partial charge in [0.15, 0.2) is 6.29 Å². The van der Waals surface area contributed by atoms with Crippen molar-refractivity contribution in [3.63, 3.8) is 0 Å². The molecule has 1 aliphatic rings. The van der Waals surface area contributed by atoms with Crippen LogP contribution in [-0.4, -0.2) is 43.2 Å². The maximum absolute atomic E-state index is 12.1. The average Bonchev–Trinajstić information content (AvgIpc) is 2.92. The van der Waals surface area contributed by atoms with E-state index in [1.165, 1.54) is 16.2 Å². The van der Waals surface area contributed by atoms with Crippen molar-refractivity contribution in [3.05, 3.63) is 20.8 Å². The second kappa shape index (κ2) is 7.88. The molecular weight excluding hydrogens is 360 g/mol. The Morgan fingerprint density at radius 2 is 2.33 bits per heavy atom. The third-order valence-electron chi connectivity index (χ3n) is 2.95. The number of ether oxygens (including phenoxy) is 1. The normalized spacial score (nSPS) is 18.3. The second-order valence-corrected chi connectivity index (χ2v) is 7.17. The zero-order chi connectivity index (χ0) is 15.2. The number of hydrogen-bond acceptors (Lipinski definition) is 5. The molecule has 1 fully saturated rings. The van der Waals surface area contributed by atoms with Crippen molar-refractivity contribution in [1.29, 1.82) is 0 Å². The number of thiophene rings is 1. The van der Waals surface area contributed by atoms with E-state index >= 15 is 0 Å². The summed E-state index contributed by atoms with van der Waals surface area (Å²) in [7, 11) is 1.58. The summed E-state index contributed by atoms with van der Waals surface area (Å²) in [4.78, 5) is 30.9. The molecule has 6 nitrogen and oxygen atoms in total. The number of carbonyl (C=O) groups excluding carboxylic acids is 2. The molecule has 1 saturated heterocycles. The van der Waals surface area contributed by atoms with Gasteiger partial charge in [-0.15, -0.1) is 11.3 Å². The van der Waals surface area contributed by atoms with E-state index in [0.717, 1.165) is 23.0 Å². The van der Waals surface area contributed by atoms with Crippen molar-refractivity contribution in [2.75, 3.05) is 20.2 Å². The van der Waals surface area contributed by atoms with Crippen molar-refractivity contribution in [2.24, 2.45) is 0 Å². The molecule has 1 aromatic heterocycles. The molecule has 116 valence electrons. The summed E-state index contributed by atoms with van der Waals surface area (Å²) in [6.07, 6.45) is 2.41. The van der Waals surface area contributed by atoms with Gasteiger partial charge in [-0.3, -0.25) is 9.59 Å². The molecule has 0 unspecified atom stereocenters. The Labute approximate surface area is 135 Å². The number of hydroxylamine groups is 1. The number of halogens is 1. The third kappa shape index (κ3) is 5.06. The van der Waals surface area contributed by atoms with E-state index in [0.29, 0.717) is 11.5 Å². The van der Waals surface area contributed by atoms with Crippen LogP contribution in [0.4, 0.5) is 0 Å². The first-order valence-electron chi connectivity index (χ1n) is 6.63. The Morgan fingerprint density at radius 1 is 1.52 bits per heavy atom. The minimum atomic E-state index is -0.392. The molecule has 8 heteroatoms. The lowest BCUT2D eigenvalue weighted by atomic mass is 10.2. The summed E-state index contributed by atoms with van der Waals surface area (Å²) >= 11 is 4.63. The summed E-state index contributed by atoms with van der Waals surface area (Å²) < 4.78 is 6.21. The molecule has 1 N–H and O–H groups in total. The van der Waals surface area contributed by atoms with Crippen LogP contribution in [0.2, 0.25) is 0 Å². The molecule has 2 amide bonds. The fourth-order valence-electron chi connectivity index (χ4n) is 1.87. The number of carbonyl (C=O) groups is 2. The maximum atomic E-state index is 12.1. The first-order valence-corrected chi connectivity index (χ1v) is 8.24. The molecule has 0 aliphatic carbocycles. The molecule has 2 heterocycles. The number of hydrogen-bond donors (Lipinski definition) is 1. The molecule has 0 aromatic carbocycles. The van der Waals surface area contributed by atoms with Crippen LogP contribution in [0, 0.1) is 0 Å². The standard InChI is InChI=1S/C13H17BrN2O4S/c1-16(13(18)9-5-6-10(14)21-9)8-11(17)15-20-12-4-2-3-7-19-12/h5-6,12H,2-4,7-8H2,1H3,(H,15,17)/t12-/m0/s1. The van der Waals surface area contributed by atoms with Crippen LogP contribution in [0.3, 0.4) is 0 Å². The van der Waals surface area contributed by atoms with Gasteiger partial charge in [0, 0.05) is 20.1 Å². The molecule has 1 atom stereocenters. The van der Waals surface area contributed by atoms with Gasteiger partial charge in [-0.1, -0.05) is 0 Å². The Bertz CT molecular complexity index is 502. The third-order valence-corrected chi connectivity index (χ3v) is 4.57. The highest BCUT2D eigenvalue weighted by molar-refractivity contribution is 9.11. The summed E-state index contributed by atoms with van der Waals surface area (Å²) in [5.74, 6) is -0.578. The summed E-state index contributed by atoms with van der Waals surface area (Å²) in [6.45, 7) is 0.577. The van der Waals surface area contributed by atoms with Crippen LogP contribution in [0.25, 0.3) is 0 Å². The van der Waals surface area contributed by atoms with Crippen LogP contribution < -0.4 is 5.48 Å². The van der Waals surface area contributed by atoms with Crippen molar-refractivity contribution in [1.82, 2.24) is 10.4 Å². The van der Waals surface area contributed by atoms with Crippen LogP contribution in [0.5, 0.6) is 0 Å². The van der Waals surface area contributed by atoms with Crippen LogP contribution in [-0.2, 0) is 14.4 Å². The molecule has 0 radical (unpaired) electrons. The van der Waals surface area contributed by atoms with E-state index in [2.05, 4.69) is 21.4 Å². The SMILES string of the molecule is CN(CC(=O)NO[C@H]1CCCCO1)C(=O)c1ccc(Br)s1. The molecule has 2 rings (SSSR count). The summed E-state index contributed by atoms with van der Waals surface area (Å²) in [6, 6.07) is 3.52. The molecule has 1 aromatic rings. The van der Waals surface area contributed by atoms with Crippen LogP contribution >= 0.6 is 27.3 Å². The quantitative estimate of drug-likeness (QED) is 0.799. The fraction of sp³-hybridized carbons (Fsp3) is 0.538. The van der Waals surface area contributed by atoms with Crippen LogP contribution in [0.1, 0.15) is 28.9 Å². The van der Waals surface area contributed by atoms with Gasteiger partial charge in [-0.2, -0.15) is 0 Å². The molecule has 1 aliphatic heterocycles. The van der Waals surface area contributed by atoms with E-state index in [9.17, 15) is 9.59 Å². The van der Waals surface area contributed by atoms with E-state index < -0.39 is 6.29 Å². The van der Waals surface area contributed by atoms with Gasteiger partial charge in [0.1, 0.15) is 6.54 Å². The van der Waals surface area contributed by atoms with Crippen molar-refractivity contribution < 1.29 is 19.2 Å². The molecule has 0 bridgehead atoms. The summed E-state index contributed by atoms with van der Waals surface area (Å²) in [5.41, 5.74) is 2.33. The van der Waals surface area contributed by atoms with E-state index in [4.69, 9.17) is 9.57 Å². The fourth-order valence-corrected chi connectivity index (χ4v) is 3.25. The molecule has 0 saturated carbocycles. The van der Waals surface area contributed by atoms with Crippen LogP contribution in [0.15, 0.2) is 15.9 Å². The number of likely N-dealkylation sites (N-methyl/N-ethyl adjacent to an activating group) is 1. The topological polar surface area (TPSA) is 67.9 Å². The lowest BCUT2D eigenvalue weighted by Crippen LogP contribution is -2.40. The number of amides is 2. The largest absolute Gasteiger partial charge is 0.350 e. The Balaban J connectivity index is 1.74. The van der Waals surface area contributed by atoms with E-state index in [1.54, 1.807) is 19.2 Å². The average molecular weight is 377 g/mol. The van der Waals surface area contributed by atoms with Gasteiger partial charge in [-0.25, -0.2) is 10.3 Å². The lowest BCUT2D eigenvalue weighted by molar-refractivity contribution is -0.200. The number of nitrogens with one attached hydrogen (secondary N) is 1. The highest BCUT2D eigenvalue weighted by Crippen LogP contribution is 2.22. The second-order valence-electron chi connectivity index (χ2n) is 4.70. The van der Waals surface area contributed by atoms with E-state index in [1.807, 2.05) is 0 Å². The van der Waals surface area contributed by atoms with Gasteiger partial charge in [0.2, 0.25) is 0 Å². The number of nitrogens with zero attached hydrogens (tertiary/aromatic N) is 1.